The topological polar surface area (TPSA) is 42.0 Å². The average Bonchev–Trinajstić information content (AvgIpc) is 2.38. The number of nitrogens with zero attached hydrogens (tertiary/aromatic N) is 1. The molecule has 0 radical (unpaired) electrons. The van der Waals surface area contributed by atoms with E-state index in [0.29, 0.717) is 23.3 Å². The highest BCUT2D eigenvalue weighted by molar-refractivity contribution is 5.94. The molecule has 0 aliphatic heterocycles. The normalized spacial score (nSPS) is 26.6. The molecule has 0 spiro atoms. The number of hydrogen-bond acceptors (Lipinski definition) is 2. The van der Waals surface area contributed by atoms with E-state index in [1.807, 2.05) is 0 Å². The van der Waals surface area contributed by atoms with Gasteiger partial charge < -0.3 is 5.32 Å². The number of nitrogens with one attached hydrogen (secondary N) is 1. The van der Waals surface area contributed by atoms with Crippen molar-refractivity contribution in [3.05, 3.63) is 29.8 Å². The molecule has 1 aromatic rings. The number of rotatable bonds is 3. The molecule has 1 saturated carbocycles. The monoisotopic (exact) mass is 278 g/mol. The number of pyridine rings is 1. The van der Waals surface area contributed by atoms with Crippen molar-refractivity contribution >= 4 is 5.91 Å². The highest BCUT2D eigenvalue weighted by Crippen LogP contribution is 2.33. The summed E-state index contributed by atoms with van der Waals surface area (Å²) in [7, 11) is 0. The third kappa shape index (κ3) is 3.56. The summed E-state index contributed by atoms with van der Waals surface area (Å²) in [6.45, 7) is 6.62. The number of carbonyl (C=O) groups is 1. The Hall–Kier alpha value is -1.45. The maximum absolute atomic E-state index is 13.1. The fourth-order valence-corrected chi connectivity index (χ4v) is 3.16. The van der Waals surface area contributed by atoms with Crippen LogP contribution < -0.4 is 5.32 Å². The molecule has 3 atom stereocenters. The van der Waals surface area contributed by atoms with Crippen LogP contribution in [0.25, 0.3) is 0 Å². The van der Waals surface area contributed by atoms with E-state index in [0.717, 1.165) is 12.8 Å². The zero-order valence-corrected chi connectivity index (χ0v) is 12.4. The van der Waals surface area contributed by atoms with Crippen LogP contribution >= 0.6 is 0 Å². The van der Waals surface area contributed by atoms with Gasteiger partial charge in [-0.05, 0) is 36.7 Å². The second kappa shape index (κ2) is 6.33. The Labute approximate surface area is 120 Å². The van der Waals surface area contributed by atoms with Gasteiger partial charge in [0.15, 0.2) is 0 Å². The van der Waals surface area contributed by atoms with Crippen molar-refractivity contribution in [2.45, 2.75) is 46.1 Å². The Bertz CT molecular complexity index is 475. The number of amides is 1. The summed E-state index contributed by atoms with van der Waals surface area (Å²) < 4.78 is 13.1. The van der Waals surface area contributed by atoms with E-state index < -0.39 is 5.95 Å². The fraction of sp³-hybridized carbons (Fsp3) is 0.625. The van der Waals surface area contributed by atoms with Gasteiger partial charge in [-0.2, -0.15) is 4.39 Å². The van der Waals surface area contributed by atoms with Crippen molar-refractivity contribution < 1.29 is 9.18 Å². The van der Waals surface area contributed by atoms with E-state index in [4.69, 9.17) is 0 Å². The second-order valence-corrected chi connectivity index (χ2v) is 6.27. The van der Waals surface area contributed by atoms with Crippen molar-refractivity contribution in [1.82, 2.24) is 10.3 Å². The third-order valence-corrected chi connectivity index (χ3v) is 4.33. The van der Waals surface area contributed by atoms with Crippen LogP contribution in [0.1, 0.15) is 50.4 Å². The summed E-state index contributed by atoms with van der Waals surface area (Å²) in [5.74, 6) is 0.861. The summed E-state index contributed by atoms with van der Waals surface area (Å²) in [5.41, 5.74) is 0.346. The molecule has 1 aliphatic rings. The molecule has 0 aromatic carbocycles. The zero-order chi connectivity index (χ0) is 14.7. The molecule has 3 nitrogen and oxygen atoms in total. The van der Waals surface area contributed by atoms with E-state index in [1.165, 1.54) is 18.7 Å². The van der Waals surface area contributed by atoms with E-state index in [1.54, 1.807) is 6.07 Å². The third-order valence-electron chi connectivity index (χ3n) is 4.33. The summed E-state index contributed by atoms with van der Waals surface area (Å²) in [4.78, 5) is 15.7. The molecule has 1 N–H and O–H groups in total. The molecule has 4 heteroatoms. The van der Waals surface area contributed by atoms with E-state index >= 15 is 0 Å². The van der Waals surface area contributed by atoms with Crippen molar-refractivity contribution in [2.75, 3.05) is 0 Å². The van der Waals surface area contributed by atoms with Crippen LogP contribution in [0.15, 0.2) is 18.3 Å². The van der Waals surface area contributed by atoms with Crippen LogP contribution in [0.4, 0.5) is 4.39 Å². The number of carbonyl (C=O) groups excluding carboxylic acids is 1. The lowest BCUT2D eigenvalue weighted by atomic mass is 9.74. The lowest BCUT2D eigenvalue weighted by Gasteiger charge is -2.37. The smallest absolute Gasteiger partial charge is 0.251 e. The highest BCUT2D eigenvalue weighted by Gasteiger charge is 2.31. The number of halogens is 1. The van der Waals surface area contributed by atoms with E-state index in [-0.39, 0.29) is 11.9 Å². The van der Waals surface area contributed by atoms with Gasteiger partial charge in [0, 0.05) is 23.9 Å². The number of aromatic nitrogens is 1. The standard InChI is InChI=1S/C16H23FN2O/c1-10(2)13-5-4-11(3)8-14(13)19-16(20)12-6-7-18-15(17)9-12/h6-7,9-11,13-14H,4-5,8H2,1-3H3,(H,19,20)/t11-,13-,14-/m1/s1. The van der Waals surface area contributed by atoms with Gasteiger partial charge in [-0.25, -0.2) is 4.98 Å². The fourth-order valence-electron chi connectivity index (χ4n) is 3.16. The van der Waals surface area contributed by atoms with Crippen molar-refractivity contribution in [1.29, 1.82) is 0 Å². The van der Waals surface area contributed by atoms with Crippen LogP contribution in [-0.4, -0.2) is 16.9 Å². The van der Waals surface area contributed by atoms with Crippen molar-refractivity contribution in [3.8, 4) is 0 Å². The van der Waals surface area contributed by atoms with E-state index in [2.05, 4.69) is 31.1 Å². The van der Waals surface area contributed by atoms with Gasteiger partial charge in [0.1, 0.15) is 0 Å². The first-order valence-electron chi connectivity index (χ1n) is 7.39. The lowest BCUT2D eigenvalue weighted by Crippen LogP contribution is -2.45. The predicted molar refractivity (Wildman–Crippen MR) is 76.8 cm³/mol. The Morgan fingerprint density at radius 1 is 1.45 bits per heavy atom. The van der Waals surface area contributed by atoms with Gasteiger partial charge >= 0.3 is 0 Å². The Morgan fingerprint density at radius 3 is 2.85 bits per heavy atom. The molecule has 2 rings (SSSR count). The first-order valence-corrected chi connectivity index (χ1v) is 7.39. The Kier molecular flexibility index (Phi) is 4.73. The summed E-state index contributed by atoms with van der Waals surface area (Å²) in [6, 6.07) is 2.92. The van der Waals surface area contributed by atoms with E-state index in [9.17, 15) is 9.18 Å². The first-order chi connectivity index (χ1) is 9.47. The van der Waals surface area contributed by atoms with Gasteiger partial charge in [0.05, 0.1) is 0 Å². The quantitative estimate of drug-likeness (QED) is 0.861. The molecule has 1 amide bonds. The van der Waals surface area contributed by atoms with Crippen LogP contribution in [0.3, 0.4) is 0 Å². The SMILES string of the molecule is CC(C)[C@H]1CC[C@@H](C)C[C@H]1NC(=O)c1ccnc(F)c1. The molecule has 1 heterocycles. The van der Waals surface area contributed by atoms with Gasteiger partial charge in [-0.1, -0.05) is 27.2 Å². The van der Waals surface area contributed by atoms with Gasteiger partial charge in [-0.3, -0.25) is 4.79 Å². The minimum atomic E-state index is -0.616. The molecular weight excluding hydrogens is 255 g/mol. The van der Waals surface area contributed by atoms with Gasteiger partial charge in [0.2, 0.25) is 5.95 Å². The largest absolute Gasteiger partial charge is 0.349 e. The minimum absolute atomic E-state index is 0.183. The molecule has 20 heavy (non-hydrogen) atoms. The summed E-state index contributed by atoms with van der Waals surface area (Å²) >= 11 is 0. The van der Waals surface area contributed by atoms with Gasteiger partial charge in [0.25, 0.3) is 5.91 Å². The molecule has 0 unspecified atom stereocenters. The Morgan fingerprint density at radius 2 is 2.20 bits per heavy atom. The van der Waals surface area contributed by atoms with Crippen LogP contribution in [-0.2, 0) is 0 Å². The maximum atomic E-state index is 13.1. The van der Waals surface area contributed by atoms with Gasteiger partial charge in [-0.15, -0.1) is 0 Å². The summed E-state index contributed by atoms with van der Waals surface area (Å²) in [6.07, 6.45) is 4.70. The Balaban J connectivity index is 2.08. The first kappa shape index (κ1) is 14.9. The van der Waals surface area contributed by atoms with Crippen molar-refractivity contribution in [3.63, 3.8) is 0 Å². The molecule has 0 bridgehead atoms. The number of hydrogen-bond donors (Lipinski definition) is 1. The molecule has 0 saturated heterocycles. The molecule has 1 fully saturated rings. The van der Waals surface area contributed by atoms with Crippen molar-refractivity contribution in [2.24, 2.45) is 17.8 Å². The summed E-state index contributed by atoms with van der Waals surface area (Å²) in [5, 5.41) is 3.09. The van der Waals surface area contributed by atoms with Crippen LogP contribution in [0.2, 0.25) is 0 Å². The highest BCUT2D eigenvalue weighted by atomic mass is 19.1. The van der Waals surface area contributed by atoms with Crippen LogP contribution in [0, 0.1) is 23.7 Å². The van der Waals surface area contributed by atoms with Crippen LogP contribution in [0.5, 0.6) is 0 Å². The second-order valence-electron chi connectivity index (χ2n) is 6.27. The predicted octanol–water partition coefficient (Wildman–Crippen LogP) is 3.41. The molecule has 110 valence electrons. The molecular formula is C16H23FN2O. The lowest BCUT2D eigenvalue weighted by molar-refractivity contribution is 0.0867. The minimum Gasteiger partial charge on any atom is -0.349 e. The zero-order valence-electron chi connectivity index (χ0n) is 12.4. The molecule has 1 aliphatic carbocycles. The average molecular weight is 278 g/mol. The molecule has 1 aromatic heterocycles. The maximum Gasteiger partial charge on any atom is 0.251 e.